The van der Waals surface area contributed by atoms with Crippen molar-refractivity contribution in [2.24, 2.45) is 0 Å². The summed E-state index contributed by atoms with van der Waals surface area (Å²) in [5.41, 5.74) is 0. The van der Waals surface area contributed by atoms with Gasteiger partial charge in [0.1, 0.15) is 0 Å². The van der Waals surface area contributed by atoms with Crippen molar-refractivity contribution in [3.63, 3.8) is 0 Å². The van der Waals surface area contributed by atoms with E-state index in [1.54, 1.807) is 0 Å². The van der Waals surface area contributed by atoms with Gasteiger partial charge in [-0.15, -0.1) is 0 Å². The van der Waals surface area contributed by atoms with E-state index in [0.29, 0.717) is 5.02 Å². The minimum absolute atomic E-state index is 0.483. The van der Waals surface area contributed by atoms with Crippen LogP contribution in [0.5, 0.6) is 0 Å². The van der Waals surface area contributed by atoms with Crippen LogP contribution in [0.15, 0.2) is 24.3 Å². The van der Waals surface area contributed by atoms with E-state index >= 15 is 0 Å². The molecule has 1 nitrogen and oxygen atoms in total. The van der Waals surface area contributed by atoms with Crippen LogP contribution in [0.1, 0.15) is 8.37 Å². The van der Waals surface area contributed by atoms with Crippen molar-refractivity contribution in [1.29, 1.82) is 0 Å². The summed E-state index contributed by atoms with van der Waals surface area (Å²) in [5.74, 6) is 0. The summed E-state index contributed by atoms with van der Waals surface area (Å²) in [4.78, 5) is 10.6. The van der Waals surface area contributed by atoms with Crippen molar-refractivity contribution in [3.8, 4) is 0 Å². The topological polar surface area (TPSA) is 17.1 Å². The number of hydrogen-bond donors (Lipinski definition) is 0. The summed E-state index contributed by atoms with van der Waals surface area (Å²) in [6.07, 6.45) is 0.893. The van der Waals surface area contributed by atoms with Crippen LogP contribution in [0.3, 0.4) is 0 Å². The second kappa shape index (κ2) is 3.22. The Balaban J connectivity index is 2.87. The first-order valence-electron chi connectivity index (χ1n) is 3.45. The Hall–Kier alpha value is -0.290. The predicted octanol–water partition coefficient (Wildman–Crippen LogP) is 2.36. The van der Waals surface area contributed by atoms with Crippen molar-refractivity contribution in [2.75, 3.05) is 0 Å². The minimum atomic E-state index is -0.483. The fraction of sp³-hybridized carbons (Fsp3) is 0. The number of halogens is 1. The summed E-state index contributed by atoms with van der Waals surface area (Å²) in [6, 6.07) is 7.96. The first-order valence-corrected chi connectivity index (χ1v) is 6.16. The molecular formula is C9H5ClOTe. The molecule has 0 saturated carbocycles. The molecule has 2 aromatic rings. The number of carbonyl (C=O) groups is 1. The number of benzene rings is 1. The van der Waals surface area contributed by atoms with Crippen LogP contribution in [-0.4, -0.2) is 26.7 Å². The van der Waals surface area contributed by atoms with E-state index in [4.69, 9.17) is 11.6 Å². The molecule has 1 heterocycles. The SMILES string of the molecule is O=Cc1[te]c2ccccc2c1Cl. The molecule has 0 N–H and O–H groups in total. The molecule has 0 aliphatic rings. The molecule has 1 aromatic heterocycles. The molecule has 3 heteroatoms. The number of carbonyl (C=O) groups excluding carboxylic acids is 1. The van der Waals surface area contributed by atoms with Crippen LogP contribution in [0.25, 0.3) is 8.79 Å². The zero-order chi connectivity index (χ0) is 8.55. The van der Waals surface area contributed by atoms with Crippen LogP contribution in [-0.2, 0) is 0 Å². The van der Waals surface area contributed by atoms with Crippen molar-refractivity contribution in [1.82, 2.24) is 0 Å². The summed E-state index contributed by atoms with van der Waals surface area (Å²) < 4.78 is 2.10. The third-order valence-corrected chi connectivity index (χ3v) is 5.55. The fourth-order valence-corrected chi connectivity index (χ4v) is 4.35. The van der Waals surface area contributed by atoms with Gasteiger partial charge in [0.25, 0.3) is 0 Å². The van der Waals surface area contributed by atoms with Gasteiger partial charge in [-0.05, 0) is 0 Å². The summed E-state index contributed by atoms with van der Waals surface area (Å²) >= 11 is 5.51. The molecule has 0 radical (unpaired) electrons. The quantitative estimate of drug-likeness (QED) is 0.582. The molecule has 0 bridgehead atoms. The van der Waals surface area contributed by atoms with Gasteiger partial charge in [-0.1, -0.05) is 0 Å². The van der Waals surface area contributed by atoms with Crippen LogP contribution in [0.2, 0.25) is 5.02 Å². The van der Waals surface area contributed by atoms with E-state index in [0.717, 1.165) is 15.3 Å². The Morgan fingerprint density at radius 3 is 2.75 bits per heavy atom. The third-order valence-electron chi connectivity index (χ3n) is 1.67. The van der Waals surface area contributed by atoms with E-state index < -0.39 is 20.4 Å². The summed E-state index contributed by atoms with van der Waals surface area (Å²) in [6.45, 7) is 0. The fourth-order valence-electron chi connectivity index (χ4n) is 1.11. The molecule has 1 aromatic carbocycles. The first kappa shape index (κ1) is 8.31. The molecule has 0 aliphatic heterocycles. The third kappa shape index (κ3) is 1.21. The molecule has 0 atom stereocenters. The van der Waals surface area contributed by atoms with Gasteiger partial charge in [0, 0.05) is 0 Å². The molecule has 0 spiro atoms. The van der Waals surface area contributed by atoms with Crippen molar-refractivity contribution < 1.29 is 4.79 Å². The summed E-state index contributed by atoms with van der Waals surface area (Å²) in [5, 5.41) is 1.73. The average molecular weight is 292 g/mol. The van der Waals surface area contributed by atoms with Crippen LogP contribution in [0.4, 0.5) is 0 Å². The Labute approximate surface area is 84.6 Å². The number of hydrogen-bond acceptors (Lipinski definition) is 1. The maximum atomic E-state index is 10.6. The Morgan fingerprint density at radius 2 is 2.08 bits per heavy atom. The van der Waals surface area contributed by atoms with E-state index in [1.807, 2.05) is 18.2 Å². The van der Waals surface area contributed by atoms with Gasteiger partial charge in [0.05, 0.1) is 0 Å². The Morgan fingerprint density at radius 1 is 1.33 bits per heavy atom. The molecule has 0 fully saturated rings. The molecule has 60 valence electrons. The molecule has 0 saturated heterocycles. The zero-order valence-electron chi connectivity index (χ0n) is 6.08. The zero-order valence-corrected chi connectivity index (χ0v) is 9.17. The van der Waals surface area contributed by atoms with Crippen LogP contribution < -0.4 is 0 Å². The molecule has 0 aliphatic carbocycles. The van der Waals surface area contributed by atoms with Crippen LogP contribution >= 0.6 is 11.6 Å². The molecule has 2 rings (SSSR count). The second-order valence-corrected chi connectivity index (χ2v) is 5.87. The monoisotopic (exact) mass is 294 g/mol. The predicted molar refractivity (Wildman–Crippen MR) is 51.3 cm³/mol. The first-order chi connectivity index (χ1) is 5.83. The molecule has 0 unspecified atom stereocenters. The average Bonchev–Trinajstić information content (AvgIpc) is 2.44. The van der Waals surface area contributed by atoms with Gasteiger partial charge in [-0.3, -0.25) is 0 Å². The summed E-state index contributed by atoms with van der Waals surface area (Å²) in [7, 11) is 0. The van der Waals surface area contributed by atoms with E-state index in [9.17, 15) is 4.79 Å². The van der Waals surface area contributed by atoms with Gasteiger partial charge in [0.2, 0.25) is 0 Å². The number of fused-ring (bicyclic) bond motifs is 1. The van der Waals surface area contributed by atoms with E-state index in [-0.39, 0.29) is 0 Å². The van der Waals surface area contributed by atoms with Crippen molar-refractivity contribution in [2.45, 2.75) is 0 Å². The van der Waals surface area contributed by atoms with Gasteiger partial charge in [0.15, 0.2) is 0 Å². The molecular weight excluding hydrogens is 287 g/mol. The normalized spacial score (nSPS) is 10.4. The van der Waals surface area contributed by atoms with Gasteiger partial charge < -0.3 is 0 Å². The number of rotatable bonds is 1. The maximum absolute atomic E-state index is 10.6. The van der Waals surface area contributed by atoms with Crippen molar-refractivity contribution >= 4 is 47.1 Å². The molecule has 12 heavy (non-hydrogen) atoms. The van der Waals surface area contributed by atoms with Gasteiger partial charge in [-0.25, -0.2) is 0 Å². The van der Waals surface area contributed by atoms with Crippen molar-refractivity contribution in [3.05, 3.63) is 32.9 Å². The second-order valence-electron chi connectivity index (χ2n) is 2.39. The Kier molecular flexibility index (Phi) is 2.23. The standard InChI is InChI=1S/C9H5ClOTe/c10-9-6-3-1-2-4-7(6)12-8(9)5-11/h1-5H. The van der Waals surface area contributed by atoms with Gasteiger partial charge in [-0.2, -0.15) is 0 Å². The van der Waals surface area contributed by atoms with Gasteiger partial charge >= 0.3 is 84.8 Å². The van der Waals surface area contributed by atoms with Crippen LogP contribution in [0, 0.1) is 0 Å². The molecule has 0 amide bonds. The Bertz CT molecular complexity index is 433. The van der Waals surface area contributed by atoms with E-state index in [1.165, 1.54) is 3.40 Å². The number of aldehydes is 1. The van der Waals surface area contributed by atoms with E-state index in [2.05, 4.69) is 6.07 Å².